The second kappa shape index (κ2) is 8.10. The summed E-state index contributed by atoms with van der Waals surface area (Å²) in [5, 5.41) is 16.2. The molecular formula is C16H16N2O2S. The van der Waals surface area contributed by atoms with Crippen molar-refractivity contribution in [2.45, 2.75) is 13.1 Å². The van der Waals surface area contributed by atoms with Crippen molar-refractivity contribution in [2.24, 2.45) is 0 Å². The van der Waals surface area contributed by atoms with E-state index in [1.165, 1.54) is 11.3 Å². The molecule has 1 aromatic heterocycles. The van der Waals surface area contributed by atoms with Crippen LogP contribution in [0.2, 0.25) is 0 Å². The monoisotopic (exact) mass is 300 g/mol. The van der Waals surface area contributed by atoms with E-state index in [1.54, 1.807) is 0 Å². The predicted octanol–water partition coefficient (Wildman–Crippen LogP) is 2.09. The van der Waals surface area contributed by atoms with Gasteiger partial charge in [-0.1, -0.05) is 42.2 Å². The van der Waals surface area contributed by atoms with Crippen molar-refractivity contribution in [2.75, 3.05) is 6.61 Å². The molecule has 0 aliphatic carbocycles. The lowest BCUT2D eigenvalue weighted by molar-refractivity contribution is 0.240. The first-order chi connectivity index (χ1) is 10.3. The van der Waals surface area contributed by atoms with Gasteiger partial charge in [-0.05, 0) is 17.0 Å². The summed E-state index contributed by atoms with van der Waals surface area (Å²) in [6.45, 7) is 0.752. The SMILES string of the molecule is O=C(NCc1ccccc1)NCc1sccc1C#CCO. The molecule has 1 heterocycles. The standard InChI is InChI=1S/C16H16N2O2S/c19-9-4-7-14-8-10-21-15(14)12-18-16(20)17-11-13-5-2-1-3-6-13/h1-3,5-6,8,10,19H,9,11-12H2,(H2,17,18,20). The number of benzene rings is 1. The lowest BCUT2D eigenvalue weighted by Crippen LogP contribution is -2.34. The number of aliphatic hydroxyl groups excluding tert-OH is 1. The minimum atomic E-state index is -0.215. The molecule has 3 N–H and O–H groups in total. The number of hydrogen-bond acceptors (Lipinski definition) is 3. The highest BCUT2D eigenvalue weighted by Gasteiger charge is 2.05. The fourth-order valence-electron chi connectivity index (χ4n) is 1.72. The Balaban J connectivity index is 1.80. The van der Waals surface area contributed by atoms with Gasteiger partial charge in [0, 0.05) is 17.0 Å². The summed E-state index contributed by atoms with van der Waals surface area (Å²) in [7, 11) is 0. The highest BCUT2D eigenvalue weighted by molar-refractivity contribution is 7.10. The molecule has 2 rings (SSSR count). The molecule has 0 bridgehead atoms. The molecule has 21 heavy (non-hydrogen) atoms. The summed E-state index contributed by atoms with van der Waals surface area (Å²) >= 11 is 1.53. The van der Waals surface area contributed by atoms with E-state index in [-0.39, 0.29) is 12.6 Å². The average Bonchev–Trinajstić information content (AvgIpc) is 2.97. The Morgan fingerprint density at radius 1 is 1.14 bits per heavy atom. The van der Waals surface area contributed by atoms with Crippen molar-refractivity contribution in [3.05, 3.63) is 57.8 Å². The topological polar surface area (TPSA) is 61.4 Å². The van der Waals surface area contributed by atoms with Gasteiger partial charge in [0.05, 0.1) is 6.54 Å². The van der Waals surface area contributed by atoms with Crippen molar-refractivity contribution in [3.63, 3.8) is 0 Å². The van der Waals surface area contributed by atoms with E-state index < -0.39 is 0 Å². The number of carbonyl (C=O) groups excluding carboxylic acids is 1. The summed E-state index contributed by atoms with van der Waals surface area (Å²) in [5.74, 6) is 5.47. The zero-order valence-electron chi connectivity index (χ0n) is 11.4. The fraction of sp³-hybridized carbons (Fsp3) is 0.188. The van der Waals surface area contributed by atoms with E-state index in [0.717, 1.165) is 16.0 Å². The molecule has 1 aromatic carbocycles. The smallest absolute Gasteiger partial charge is 0.315 e. The Morgan fingerprint density at radius 3 is 2.67 bits per heavy atom. The first-order valence-corrected chi connectivity index (χ1v) is 7.39. The minimum Gasteiger partial charge on any atom is -0.384 e. The molecule has 0 aliphatic heterocycles. The second-order valence-corrected chi connectivity index (χ2v) is 5.24. The van der Waals surface area contributed by atoms with Crippen LogP contribution in [0.4, 0.5) is 4.79 Å². The number of urea groups is 1. The molecule has 0 fully saturated rings. The van der Waals surface area contributed by atoms with E-state index in [1.807, 2.05) is 41.8 Å². The Bertz CT molecular complexity index is 641. The summed E-state index contributed by atoms with van der Waals surface area (Å²) in [5.41, 5.74) is 1.90. The van der Waals surface area contributed by atoms with Crippen molar-refractivity contribution < 1.29 is 9.90 Å². The van der Waals surface area contributed by atoms with Gasteiger partial charge in [0.15, 0.2) is 0 Å². The molecule has 2 amide bonds. The van der Waals surface area contributed by atoms with Gasteiger partial charge in [0.25, 0.3) is 0 Å². The van der Waals surface area contributed by atoms with E-state index in [2.05, 4.69) is 22.5 Å². The molecule has 0 aliphatic rings. The van der Waals surface area contributed by atoms with E-state index in [9.17, 15) is 4.79 Å². The van der Waals surface area contributed by atoms with Crippen LogP contribution in [0, 0.1) is 11.8 Å². The number of amides is 2. The maximum Gasteiger partial charge on any atom is 0.315 e. The molecular weight excluding hydrogens is 284 g/mol. The lowest BCUT2D eigenvalue weighted by atomic mass is 10.2. The first kappa shape index (κ1) is 15.1. The van der Waals surface area contributed by atoms with Gasteiger partial charge in [0.2, 0.25) is 0 Å². The number of carbonyl (C=O) groups is 1. The maximum absolute atomic E-state index is 11.7. The molecule has 108 valence electrons. The number of aliphatic hydroxyl groups is 1. The van der Waals surface area contributed by atoms with Gasteiger partial charge in [-0.25, -0.2) is 4.79 Å². The third-order valence-corrected chi connectivity index (χ3v) is 3.67. The highest BCUT2D eigenvalue weighted by Crippen LogP contribution is 2.15. The van der Waals surface area contributed by atoms with Gasteiger partial charge in [0.1, 0.15) is 6.61 Å². The van der Waals surface area contributed by atoms with Crippen molar-refractivity contribution in [1.29, 1.82) is 0 Å². The van der Waals surface area contributed by atoms with Crippen molar-refractivity contribution in [3.8, 4) is 11.8 Å². The molecule has 0 spiro atoms. The lowest BCUT2D eigenvalue weighted by Gasteiger charge is -2.07. The Kier molecular flexibility index (Phi) is 5.83. The van der Waals surface area contributed by atoms with Crippen molar-refractivity contribution in [1.82, 2.24) is 10.6 Å². The summed E-state index contributed by atoms with van der Waals surface area (Å²) in [6, 6.07) is 11.4. The molecule has 0 saturated carbocycles. The third kappa shape index (κ3) is 4.95. The molecule has 5 heteroatoms. The van der Waals surface area contributed by atoms with Crippen LogP contribution in [0.15, 0.2) is 41.8 Å². The molecule has 4 nitrogen and oxygen atoms in total. The van der Waals surface area contributed by atoms with Crippen LogP contribution in [0.3, 0.4) is 0 Å². The molecule has 2 aromatic rings. The summed E-state index contributed by atoms with van der Waals surface area (Å²) in [4.78, 5) is 12.7. The second-order valence-electron chi connectivity index (χ2n) is 4.24. The quantitative estimate of drug-likeness (QED) is 0.757. The Labute approximate surface area is 127 Å². The summed E-state index contributed by atoms with van der Waals surface area (Å²) in [6.07, 6.45) is 0. The molecule has 0 atom stereocenters. The zero-order chi connectivity index (χ0) is 14.9. The Morgan fingerprint density at radius 2 is 1.90 bits per heavy atom. The number of hydrogen-bond donors (Lipinski definition) is 3. The number of thiophene rings is 1. The predicted molar refractivity (Wildman–Crippen MR) is 83.8 cm³/mol. The van der Waals surface area contributed by atoms with E-state index in [0.29, 0.717) is 13.1 Å². The maximum atomic E-state index is 11.7. The van der Waals surface area contributed by atoms with Gasteiger partial charge in [-0.3, -0.25) is 0 Å². The van der Waals surface area contributed by atoms with Crippen LogP contribution in [-0.2, 0) is 13.1 Å². The van der Waals surface area contributed by atoms with Crippen LogP contribution < -0.4 is 10.6 Å². The van der Waals surface area contributed by atoms with Gasteiger partial charge in [-0.15, -0.1) is 11.3 Å². The van der Waals surface area contributed by atoms with Gasteiger partial charge >= 0.3 is 6.03 Å². The number of rotatable bonds is 4. The third-order valence-electron chi connectivity index (χ3n) is 2.75. The van der Waals surface area contributed by atoms with Crippen LogP contribution in [0.5, 0.6) is 0 Å². The number of nitrogens with one attached hydrogen (secondary N) is 2. The molecule has 0 unspecified atom stereocenters. The zero-order valence-corrected chi connectivity index (χ0v) is 12.2. The van der Waals surface area contributed by atoms with Crippen LogP contribution >= 0.6 is 11.3 Å². The van der Waals surface area contributed by atoms with Crippen molar-refractivity contribution >= 4 is 17.4 Å². The first-order valence-electron chi connectivity index (χ1n) is 6.51. The molecule has 0 saturated heterocycles. The molecule has 0 radical (unpaired) electrons. The Hall–Kier alpha value is -2.29. The van der Waals surface area contributed by atoms with Crippen LogP contribution in [-0.4, -0.2) is 17.7 Å². The normalized spacial score (nSPS) is 9.57. The van der Waals surface area contributed by atoms with Gasteiger partial charge in [-0.2, -0.15) is 0 Å². The van der Waals surface area contributed by atoms with Gasteiger partial charge < -0.3 is 15.7 Å². The largest absolute Gasteiger partial charge is 0.384 e. The van der Waals surface area contributed by atoms with E-state index >= 15 is 0 Å². The van der Waals surface area contributed by atoms with Crippen LogP contribution in [0.25, 0.3) is 0 Å². The van der Waals surface area contributed by atoms with Crippen LogP contribution in [0.1, 0.15) is 16.0 Å². The minimum absolute atomic E-state index is 0.166. The fourth-order valence-corrected chi connectivity index (χ4v) is 2.49. The van der Waals surface area contributed by atoms with E-state index in [4.69, 9.17) is 5.11 Å². The average molecular weight is 300 g/mol. The highest BCUT2D eigenvalue weighted by atomic mass is 32.1. The summed E-state index contributed by atoms with van der Waals surface area (Å²) < 4.78 is 0.